The lowest BCUT2D eigenvalue weighted by atomic mass is 10.0. The van der Waals surface area contributed by atoms with Crippen LogP contribution in [0.4, 0.5) is 0 Å². The highest BCUT2D eigenvalue weighted by molar-refractivity contribution is 6.31. The molecule has 0 aliphatic rings. The third kappa shape index (κ3) is 4.92. The zero-order chi connectivity index (χ0) is 24.6. The SMILES string of the molecule is C[C@H](O)CCc1ccc(Cl)c(Cn2c3cc(-c4cnc(C(C)(C)O)nc4)ccc3c(=O)n2C)c1. The molecule has 0 amide bonds. The van der Waals surface area contributed by atoms with Gasteiger partial charge in [-0.1, -0.05) is 29.8 Å². The predicted molar refractivity (Wildman–Crippen MR) is 134 cm³/mol. The number of benzene rings is 2. The number of rotatable bonds is 7. The van der Waals surface area contributed by atoms with Crippen LogP contribution in [0.2, 0.25) is 5.02 Å². The molecule has 8 heteroatoms. The summed E-state index contributed by atoms with van der Waals surface area (Å²) in [6.45, 7) is 5.48. The Balaban J connectivity index is 1.73. The lowest BCUT2D eigenvalue weighted by Gasteiger charge is -2.15. The summed E-state index contributed by atoms with van der Waals surface area (Å²) in [7, 11) is 1.74. The number of hydrogen-bond acceptors (Lipinski definition) is 5. The summed E-state index contributed by atoms with van der Waals surface area (Å²) < 4.78 is 3.51. The van der Waals surface area contributed by atoms with Crippen molar-refractivity contribution < 1.29 is 10.2 Å². The van der Waals surface area contributed by atoms with Crippen LogP contribution < -0.4 is 5.56 Å². The van der Waals surface area contributed by atoms with E-state index in [2.05, 4.69) is 9.97 Å². The highest BCUT2D eigenvalue weighted by Crippen LogP contribution is 2.26. The molecular formula is C26H29ClN4O3. The van der Waals surface area contributed by atoms with Crippen molar-refractivity contribution in [3.05, 3.63) is 81.1 Å². The van der Waals surface area contributed by atoms with Crippen LogP contribution in [0.1, 0.15) is 44.1 Å². The molecule has 7 nitrogen and oxygen atoms in total. The van der Waals surface area contributed by atoms with Crippen molar-refractivity contribution in [2.75, 3.05) is 0 Å². The molecule has 0 saturated carbocycles. The third-order valence-electron chi connectivity index (χ3n) is 5.98. The van der Waals surface area contributed by atoms with Gasteiger partial charge in [0.25, 0.3) is 5.56 Å². The molecule has 2 heterocycles. The van der Waals surface area contributed by atoms with Crippen LogP contribution in [0.25, 0.3) is 22.0 Å². The summed E-state index contributed by atoms with van der Waals surface area (Å²) in [5, 5.41) is 21.0. The van der Waals surface area contributed by atoms with Crippen LogP contribution in [0.15, 0.2) is 53.6 Å². The molecule has 4 aromatic rings. The Morgan fingerprint density at radius 1 is 1.09 bits per heavy atom. The maximum absolute atomic E-state index is 12.9. The van der Waals surface area contributed by atoms with Gasteiger partial charge in [0.15, 0.2) is 5.82 Å². The Morgan fingerprint density at radius 3 is 2.44 bits per heavy atom. The largest absolute Gasteiger partial charge is 0.393 e. The van der Waals surface area contributed by atoms with Crippen LogP contribution in [0, 0.1) is 0 Å². The van der Waals surface area contributed by atoms with Crippen molar-refractivity contribution in [1.29, 1.82) is 0 Å². The van der Waals surface area contributed by atoms with E-state index in [0.29, 0.717) is 29.2 Å². The fourth-order valence-electron chi connectivity index (χ4n) is 3.98. The molecule has 0 bridgehead atoms. The van der Waals surface area contributed by atoms with E-state index in [9.17, 15) is 15.0 Å². The van der Waals surface area contributed by atoms with E-state index < -0.39 is 5.60 Å². The summed E-state index contributed by atoms with van der Waals surface area (Å²) in [6.07, 6.45) is 4.40. The van der Waals surface area contributed by atoms with Crippen LogP contribution in [0.5, 0.6) is 0 Å². The highest BCUT2D eigenvalue weighted by Gasteiger charge is 2.19. The van der Waals surface area contributed by atoms with E-state index in [1.54, 1.807) is 44.9 Å². The molecule has 2 aromatic heterocycles. The summed E-state index contributed by atoms with van der Waals surface area (Å²) in [5.74, 6) is 0.346. The summed E-state index contributed by atoms with van der Waals surface area (Å²) in [6, 6.07) is 11.5. The summed E-state index contributed by atoms with van der Waals surface area (Å²) in [5.41, 5.74) is 3.22. The molecule has 0 saturated heterocycles. The number of fused-ring (bicyclic) bond motifs is 1. The van der Waals surface area contributed by atoms with Gasteiger partial charge in [-0.05, 0) is 68.5 Å². The van der Waals surface area contributed by atoms with Crippen LogP contribution in [0.3, 0.4) is 0 Å². The molecule has 2 N–H and O–H groups in total. The van der Waals surface area contributed by atoms with Gasteiger partial charge in [0, 0.05) is 30.0 Å². The van der Waals surface area contributed by atoms with Gasteiger partial charge in [-0.2, -0.15) is 0 Å². The first kappa shape index (κ1) is 24.1. The van der Waals surface area contributed by atoms with Gasteiger partial charge in [-0.25, -0.2) is 9.97 Å². The molecule has 1 atom stereocenters. The number of hydrogen-bond donors (Lipinski definition) is 2. The van der Waals surface area contributed by atoms with Crippen molar-refractivity contribution in [3.8, 4) is 11.1 Å². The first-order valence-corrected chi connectivity index (χ1v) is 11.6. The normalized spacial score (nSPS) is 12.9. The average Bonchev–Trinajstić information content (AvgIpc) is 3.03. The summed E-state index contributed by atoms with van der Waals surface area (Å²) >= 11 is 6.51. The Labute approximate surface area is 203 Å². The molecule has 0 unspecified atom stereocenters. The Hall–Kier alpha value is -3.00. The Morgan fingerprint density at radius 2 is 1.79 bits per heavy atom. The van der Waals surface area contributed by atoms with E-state index in [4.69, 9.17) is 11.6 Å². The van der Waals surface area contributed by atoms with Crippen molar-refractivity contribution in [2.45, 2.75) is 51.9 Å². The van der Waals surface area contributed by atoms with E-state index >= 15 is 0 Å². The molecule has 0 radical (unpaired) electrons. The maximum Gasteiger partial charge on any atom is 0.274 e. The van der Waals surface area contributed by atoms with Gasteiger partial charge < -0.3 is 10.2 Å². The van der Waals surface area contributed by atoms with E-state index in [1.807, 2.05) is 41.1 Å². The second-order valence-corrected chi connectivity index (χ2v) is 9.69. The second-order valence-electron chi connectivity index (χ2n) is 9.29. The van der Waals surface area contributed by atoms with Gasteiger partial charge in [0.1, 0.15) is 5.60 Å². The Kier molecular flexibility index (Phi) is 6.62. The maximum atomic E-state index is 12.9. The van der Waals surface area contributed by atoms with E-state index in [1.165, 1.54) is 0 Å². The van der Waals surface area contributed by atoms with Crippen LogP contribution in [-0.4, -0.2) is 35.6 Å². The zero-order valence-electron chi connectivity index (χ0n) is 19.8. The first-order chi connectivity index (χ1) is 16.0. The van der Waals surface area contributed by atoms with Gasteiger partial charge in [0.2, 0.25) is 0 Å². The minimum Gasteiger partial charge on any atom is -0.393 e. The molecular weight excluding hydrogens is 452 g/mol. The average molecular weight is 481 g/mol. The third-order valence-corrected chi connectivity index (χ3v) is 6.34. The van der Waals surface area contributed by atoms with Gasteiger partial charge in [-0.3, -0.25) is 14.2 Å². The molecule has 0 aliphatic carbocycles. The number of aromatic nitrogens is 4. The van der Waals surface area contributed by atoms with Gasteiger partial charge >= 0.3 is 0 Å². The highest BCUT2D eigenvalue weighted by atomic mass is 35.5. The standard InChI is InChI=1S/C26H29ClN4O3/c1-16(32)5-6-17-7-10-22(27)19(11-17)15-31-23-12-18(8-9-21(23)24(33)30(31)4)20-13-28-25(29-14-20)26(2,3)34/h7-14,16,32,34H,5-6,15H2,1-4H3/t16-/m0/s1. The molecule has 0 spiro atoms. The zero-order valence-corrected chi connectivity index (χ0v) is 20.5. The molecule has 4 rings (SSSR count). The smallest absolute Gasteiger partial charge is 0.274 e. The fraction of sp³-hybridized carbons (Fsp3) is 0.346. The number of aliphatic hydroxyl groups excluding tert-OH is 1. The quantitative estimate of drug-likeness (QED) is 0.416. The number of aliphatic hydroxyl groups is 2. The molecule has 178 valence electrons. The molecule has 0 fully saturated rings. The van der Waals surface area contributed by atoms with E-state index in [0.717, 1.165) is 34.2 Å². The number of aryl methyl sites for hydroxylation is 1. The van der Waals surface area contributed by atoms with Crippen molar-refractivity contribution >= 4 is 22.5 Å². The van der Waals surface area contributed by atoms with Gasteiger partial charge in [-0.15, -0.1) is 0 Å². The summed E-state index contributed by atoms with van der Waals surface area (Å²) in [4.78, 5) is 21.5. The van der Waals surface area contributed by atoms with Gasteiger partial charge in [0.05, 0.1) is 23.6 Å². The lowest BCUT2D eigenvalue weighted by Crippen LogP contribution is -2.19. The first-order valence-electron chi connectivity index (χ1n) is 11.2. The van der Waals surface area contributed by atoms with Crippen LogP contribution >= 0.6 is 11.6 Å². The fourth-order valence-corrected chi connectivity index (χ4v) is 4.15. The van der Waals surface area contributed by atoms with Crippen molar-refractivity contribution in [3.63, 3.8) is 0 Å². The Bertz CT molecular complexity index is 1380. The molecule has 34 heavy (non-hydrogen) atoms. The monoisotopic (exact) mass is 480 g/mol. The lowest BCUT2D eigenvalue weighted by molar-refractivity contribution is 0.0687. The van der Waals surface area contributed by atoms with Crippen molar-refractivity contribution in [1.82, 2.24) is 19.3 Å². The second kappa shape index (κ2) is 9.33. The minimum absolute atomic E-state index is 0.0865. The van der Waals surface area contributed by atoms with E-state index in [-0.39, 0.29) is 11.7 Å². The number of halogens is 1. The topological polar surface area (TPSA) is 93.2 Å². The molecule has 0 aliphatic heterocycles. The number of nitrogens with zero attached hydrogens (tertiary/aromatic N) is 4. The van der Waals surface area contributed by atoms with Crippen LogP contribution in [-0.2, 0) is 25.6 Å². The molecule has 2 aromatic carbocycles. The van der Waals surface area contributed by atoms with Crippen molar-refractivity contribution in [2.24, 2.45) is 7.05 Å². The predicted octanol–water partition coefficient (Wildman–Crippen LogP) is 4.04. The minimum atomic E-state index is -1.12.